The van der Waals surface area contributed by atoms with Crippen molar-refractivity contribution in [1.82, 2.24) is 5.06 Å². The Morgan fingerprint density at radius 1 is 1.15 bits per heavy atom. The summed E-state index contributed by atoms with van der Waals surface area (Å²) in [5.41, 5.74) is 6.70. The molecule has 0 aliphatic carbocycles. The third-order valence-electron chi connectivity index (χ3n) is 5.00. The number of imide groups is 1. The fraction of sp³-hybridized carbons (Fsp3) is 0.316. The van der Waals surface area contributed by atoms with Gasteiger partial charge in [-0.05, 0) is 37.6 Å². The Morgan fingerprint density at radius 3 is 2.44 bits per heavy atom. The van der Waals surface area contributed by atoms with E-state index in [2.05, 4.69) is 0 Å². The lowest BCUT2D eigenvalue weighted by Crippen LogP contribution is -2.40. The Labute approximate surface area is 155 Å². The van der Waals surface area contributed by atoms with Gasteiger partial charge in [-0.25, -0.2) is 4.90 Å². The molecule has 8 nitrogen and oxygen atoms in total. The lowest BCUT2D eigenvalue weighted by Gasteiger charge is -2.24. The van der Waals surface area contributed by atoms with Crippen LogP contribution in [-0.4, -0.2) is 35.4 Å². The maximum atomic E-state index is 13.1. The van der Waals surface area contributed by atoms with Gasteiger partial charge in [-0.15, -0.1) is 0 Å². The SMILES string of the molecule is Cc1cc(C2C3C(=O)N(c4ccccc4)C(=O)C3ON2CC(N)=O)oc1C. The van der Waals surface area contributed by atoms with Crippen LogP contribution in [0.15, 0.2) is 40.8 Å². The van der Waals surface area contributed by atoms with Gasteiger partial charge < -0.3 is 10.2 Å². The lowest BCUT2D eigenvalue weighted by atomic mass is 9.94. The minimum absolute atomic E-state index is 0.248. The summed E-state index contributed by atoms with van der Waals surface area (Å²) < 4.78 is 5.79. The smallest absolute Gasteiger partial charge is 0.265 e. The second kappa shape index (κ2) is 6.33. The normalized spacial score (nSPS) is 25.3. The van der Waals surface area contributed by atoms with Crippen LogP contribution in [0.3, 0.4) is 0 Å². The molecule has 3 unspecified atom stereocenters. The quantitative estimate of drug-likeness (QED) is 0.813. The van der Waals surface area contributed by atoms with E-state index in [-0.39, 0.29) is 12.5 Å². The minimum atomic E-state index is -1.02. The molecule has 2 aliphatic heterocycles. The number of primary amides is 1. The molecule has 0 saturated carbocycles. The molecule has 8 heteroatoms. The number of nitrogens with zero attached hydrogens (tertiary/aromatic N) is 2. The standard InChI is InChI=1S/C19H19N3O5/c1-10-8-13(26-11(10)2)16-15-17(27-21(16)9-14(20)23)19(25)22(18(15)24)12-6-4-3-5-7-12/h3-8,15-17H,9H2,1-2H3,(H2,20,23). The van der Waals surface area contributed by atoms with Gasteiger partial charge in [0.15, 0.2) is 6.10 Å². The van der Waals surface area contributed by atoms with Crippen LogP contribution in [0.1, 0.15) is 23.1 Å². The van der Waals surface area contributed by atoms with Gasteiger partial charge >= 0.3 is 0 Å². The predicted molar refractivity (Wildman–Crippen MR) is 94.1 cm³/mol. The van der Waals surface area contributed by atoms with E-state index in [0.29, 0.717) is 17.2 Å². The van der Waals surface area contributed by atoms with E-state index in [1.54, 1.807) is 36.4 Å². The molecule has 1 aromatic carbocycles. The summed E-state index contributed by atoms with van der Waals surface area (Å²) in [5, 5.41) is 1.29. The molecule has 3 atom stereocenters. The Hall–Kier alpha value is -2.97. The molecular formula is C19H19N3O5. The van der Waals surface area contributed by atoms with Gasteiger partial charge in [0.2, 0.25) is 11.8 Å². The second-order valence-corrected chi connectivity index (χ2v) is 6.77. The topological polar surface area (TPSA) is 106 Å². The average Bonchev–Trinajstić information content (AvgIpc) is 3.22. The highest BCUT2D eigenvalue weighted by Crippen LogP contribution is 2.46. The second-order valence-electron chi connectivity index (χ2n) is 6.77. The lowest BCUT2D eigenvalue weighted by molar-refractivity contribution is -0.177. The number of furan rings is 1. The molecule has 3 amide bonds. The number of aryl methyl sites for hydroxylation is 2. The summed E-state index contributed by atoms with van der Waals surface area (Å²) >= 11 is 0. The van der Waals surface area contributed by atoms with Crippen molar-refractivity contribution >= 4 is 23.4 Å². The highest BCUT2D eigenvalue weighted by Gasteiger charge is 2.61. The summed E-state index contributed by atoms with van der Waals surface area (Å²) in [7, 11) is 0. The molecule has 2 aromatic rings. The van der Waals surface area contributed by atoms with Crippen LogP contribution in [0.2, 0.25) is 0 Å². The fourth-order valence-electron chi connectivity index (χ4n) is 3.66. The van der Waals surface area contributed by atoms with Crippen molar-refractivity contribution in [3.05, 3.63) is 53.5 Å². The minimum Gasteiger partial charge on any atom is -0.464 e. The van der Waals surface area contributed by atoms with Crippen LogP contribution in [0.4, 0.5) is 5.69 Å². The van der Waals surface area contributed by atoms with E-state index < -0.39 is 29.9 Å². The number of hydroxylamine groups is 2. The van der Waals surface area contributed by atoms with E-state index >= 15 is 0 Å². The fourth-order valence-corrected chi connectivity index (χ4v) is 3.66. The molecule has 2 aliphatic rings. The zero-order valence-corrected chi connectivity index (χ0v) is 14.9. The van der Waals surface area contributed by atoms with Crippen molar-refractivity contribution in [2.75, 3.05) is 11.4 Å². The number of anilines is 1. The molecule has 2 N–H and O–H groups in total. The molecule has 2 saturated heterocycles. The van der Waals surface area contributed by atoms with E-state index in [1.165, 1.54) is 5.06 Å². The third-order valence-corrected chi connectivity index (χ3v) is 5.00. The van der Waals surface area contributed by atoms with Crippen LogP contribution < -0.4 is 10.6 Å². The zero-order chi connectivity index (χ0) is 19.3. The van der Waals surface area contributed by atoms with Crippen LogP contribution >= 0.6 is 0 Å². The summed E-state index contributed by atoms with van der Waals surface area (Å²) in [6, 6.07) is 9.77. The molecule has 2 fully saturated rings. The Balaban J connectivity index is 1.75. The van der Waals surface area contributed by atoms with E-state index in [4.69, 9.17) is 15.0 Å². The molecular weight excluding hydrogens is 350 g/mol. The van der Waals surface area contributed by atoms with E-state index in [9.17, 15) is 14.4 Å². The number of benzene rings is 1. The number of hydrogen-bond donors (Lipinski definition) is 1. The zero-order valence-electron chi connectivity index (χ0n) is 14.9. The van der Waals surface area contributed by atoms with Crippen molar-refractivity contribution < 1.29 is 23.6 Å². The number of carbonyl (C=O) groups is 3. The van der Waals surface area contributed by atoms with Crippen molar-refractivity contribution in [3.63, 3.8) is 0 Å². The predicted octanol–water partition coefficient (Wildman–Crippen LogP) is 1.23. The van der Waals surface area contributed by atoms with Crippen molar-refractivity contribution in [1.29, 1.82) is 0 Å². The number of carbonyl (C=O) groups excluding carboxylic acids is 3. The van der Waals surface area contributed by atoms with Crippen molar-refractivity contribution in [2.45, 2.75) is 26.0 Å². The summed E-state index contributed by atoms with van der Waals surface area (Å²) in [6.07, 6.45) is -1.02. The number of rotatable bonds is 4. The average molecular weight is 369 g/mol. The van der Waals surface area contributed by atoms with Gasteiger partial charge in [-0.1, -0.05) is 18.2 Å². The number of para-hydroxylation sites is 1. The first kappa shape index (κ1) is 17.4. The molecule has 3 heterocycles. The number of nitrogens with two attached hydrogens (primary N) is 1. The van der Waals surface area contributed by atoms with E-state index in [0.717, 1.165) is 10.5 Å². The molecule has 4 rings (SSSR count). The highest BCUT2D eigenvalue weighted by molar-refractivity contribution is 6.23. The van der Waals surface area contributed by atoms with Gasteiger partial charge in [0, 0.05) is 0 Å². The highest BCUT2D eigenvalue weighted by atomic mass is 16.7. The number of hydrogen-bond acceptors (Lipinski definition) is 6. The van der Waals surface area contributed by atoms with Crippen LogP contribution in [0.25, 0.3) is 0 Å². The van der Waals surface area contributed by atoms with Crippen LogP contribution in [0, 0.1) is 19.8 Å². The first-order valence-corrected chi connectivity index (χ1v) is 8.60. The Morgan fingerprint density at radius 2 is 1.85 bits per heavy atom. The van der Waals surface area contributed by atoms with Crippen molar-refractivity contribution in [3.8, 4) is 0 Å². The van der Waals surface area contributed by atoms with Gasteiger partial charge in [0.25, 0.3) is 5.91 Å². The third kappa shape index (κ3) is 2.73. The number of amides is 3. The summed E-state index contributed by atoms with van der Waals surface area (Å²) in [4.78, 5) is 44.3. The summed E-state index contributed by atoms with van der Waals surface area (Å²) in [5.74, 6) is -1.13. The Bertz CT molecular complexity index is 903. The monoisotopic (exact) mass is 369 g/mol. The van der Waals surface area contributed by atoms with Gasteiger partial charge in [-0.2, -0.15) is 5.06 Å². The molecule has 140 valence electrons. The molecule has 0 spiro atoms. The summed E-state index contributed by atoms with van der Waals surface area (Å²) in [6.45, 7) is 3.44. The molecule has 27 heavy (non-hydrogen) atoms. The van der Waals surface area contributed by atoms with Crippen molar-refractivity contribution in [2.24, 2.45) is 11.7 Å². The maximum Gasteiger partial charge on any atom is 0.265 e. The van der Waals surface area contributed by atoms with Gasteiger partial charge in [0.1, 0.15) is 30.0 Å². The molecule has 1 aromatic heterocycles. The van der Waals surface area contributed by atoms with E-state index in [1.807, 2.05) is 13.8 Å². The maximum absolute atomic E-state index is 13.1. The number of fused-ring (bicyclic) bond motifs is 1. The van der Waals surface area contributed by atoms with Gasteiger partial charge in [-0.3, -0.25) is 19.2 Å². The first-order chi connectivity index (χ1) is 12.9. The van der Waals surface area contributed by atoms with Crippen LogP contribution in [0.5, 0.6) is 0 Å². The molecule has 0 bridgehead atoms. The largest absolute Gasteiger partial charge is 0.464 e. The van der Waals surface area contributed by atoms with Crippen LogP contribution in [-0.2, 0) is 19.2 Å². The van der Waals surface area contributed by atoms with Gasteiger partial charge in [0.05, 0.1) is 5.69 Å². The molecule has 0 radical (unpaired) electrons. The Kier molecular flexibility index (Phi) is 4.09. The first-order valence-electron chi connectivity index (χ1n) is 8.60.